The average molecular weight is 511 g/mol. The fraction of sp³-hybridized carbons (Fsp3) is 0.474. The van der Waals surface area contributed by atoms with Gasteiger partial charge in [-0.05, 0) is 24.3 Å². The molecule has 190 valence electrons. The Morgan fingerprint density at radius 2 is 1.79 bits per heavy atom. The molecule has 1 fully saturated rings. The van der Waals surface area contributed by atoms with Gasteiger partial charge in [-0.15, -0.1) is 0 Å². The zero-order valence-corrected chi connectivity index (χ0v) is 18.6. The summed E-state index contributed by atoms with van der Waals surface area (Å²) in [7, 11) is -3.62. The number of halogens is 3. The van der Waals surface area contributed by atoms with E-state index in [2.05, 4.69) is 5.32 Å². The molecule has 2 heterocycles. The van der Waals surface area contributed by atoms with Crippen molar-refractivity contribution in [1.29, 1.82) is 0 Å². The summed E-state index contributed by atoms with van der Waals surface area (Å²) in [5.74, 6) is -3.73. The first-order valence-electron chi connectivity index (χ1n) is 9.89. The zero-order valence-electron chi connectivity index (χ0n) is 17.8. The first kappa shape index (κ1) is 27.4. The number of hydrogen-bond acceptors (Lipinski definition) is 8. The molecule has 1 saturated heterocycles. The monoisotopic (exact) mass is 511 g/mol. The minimum absolute atomic E-state index is 0.0637. The summed E-state index contributed by atoms with van der Waals surface area (Å²) >= 11 is 0. The number of carboxylic acid groups (broad SMARTS) is 2. The van der Waals surface area contributed by atoms with E-state index < -0.39 is 28.2 Å². The van der Waals surface area contributed by atoms with Crippen molar-refractivity contribution in [1.82, 2.24) is 9.47 Å². The third-order valence-corrected chi connectivity index (χ3v) is 5.75. The molecule has 2 aromatic rings. The van der Waals surface area contributed by atoms with Crippen LogP contribution in [-0.2, 0) is 35.2 Å². The number of alkyl halides is 3. The summed E-state index contributed by atoms with van der Waals surface area (Å²) < 4.78 is 67.6. The molecule has 0 radical (unpaired) electrons. The summed E-state index contributed by atoms with van der Waals surface area (Å²) in [6.45, 7) is 2.87. The minimum Gasteiger partial charge on any atom is -0.480 e. The van der Waals surface area contributed by atoms with Gasteiger partial charge in [0.25, 0.3) is 10.1 Å². The lowest BCUT2D eigenvalue weighted by atomic mass is 10.2. The van der Waals surface area contributed by atoms with Crippen LogP contribution in [0.25, 0.3) is 10.9 Å². The minimum atomic E-state index is -5.08. The molecule has 0 saturated carbocycles. The topological polar surface area (TPSA) is 147 Å². The SMILES string of the molecule is O=C(O)C(F)(F)F.O=C(O)Cn1ccc2cc(NCOS(=O)(=O)CCN3CCOCC3)ccc21. The highest BCUT2D eigenvalue weighted by atomic mass is 32.2. The van der Waals surface area contributed by atoms with Gasteiger partial charge in [0.05, 0.1) is 19.0 Å². The Morgan fingerprint density at radius 3 is 2.38 bits per heavy atom. The molecule has 1 aromatic heterocycles. The molecule has 0 spiro atoms. The first-order chi connectivity index (χ1) is 15.9. The number of anilines is 1. The number of aromatic nitrogens is 1. The molecule has 0 bridgehead atoms. The van der Waals surface area contributed by atoms with Crippen LogP contribution in [0, 0.1) is 0 Å². The van der Waals surface area contributed by atoms with Crippen LogP contribution in [0.3, 0.4) is 0 Å². The van der Waals surface area contributed by atoms with E-state index in [1.54, 1.807) is 22.9 Å². The van der Waals surface area contributed by atoms with Gasteiger partial charge in [0.15, 0.2) is 0 Å². The number of carbonyl (C=O) groups is 2. The van der Waals surface area contributed by atoms with Gasteiger partial charge in [-0.2, -0.15) is 21.6 Å². The van der Waals surface area contributed by atoms with Crippen LogP contribution >= 0.6 is 0 Å². The van der Waals surface area contributed by atoms with E-state index in [9.17, 15) is 26.4 Å². The molecule has 3 N–H and O–H groups in total. The second kappa shape index (κ2) is 12.0. The molecule has 0 atom stereocenters. The number of ether oxygens (including phenoxy) is 1. The Morgan fingerprint density at radius 1 is 1.15 bits per heavy atom. The van der Waals surface area contributed by atoms with Crippen molar-refractivity contribution >= 4 is 38.6 Å². The highest BCUT2D eigenvalue weighted by Gasteiger charge is 2.38. The molecule has 11 nitrogen and oxygen atoms in total. The number of benzene rings is 1. The van der Waals surface area contributed by atoms with Gasteiger partial charge in [-0.3, -0.25) is 9.69 Å². The molecule has 0 unspecified atom stereocenters. The van der Waals surface area contributed by atoms with Crippen LogP contribution in [0.2, 0.25) is 0 Å². The number of morpholine rings is 1. The van der Waals surface area contributed by atoms with Crippen molar-refractivity contribution in [3.05, 3.63) is 30.5 Å². The number of fused-ring (bicyclic) bond motifs is 1. The molecular weight excluding hydrogens is 487 g/mol. The van der Waals surface area contributed by atoms with Crippen LogP contribution < -0.4 is 5.32 Å². The summed E-state index contributed by atoms with van der Waals surface area (Å²) in [5, 5.41) is 19.8. The maximum absolute atomic E-state index is 12.0. The molecule has 3 rings (SSSR count). The molecule has 15 heteroatoms. The maximum atomic E-state index is 12.0. The average Bonchev–Trinajstić information content (AvgIpc) is 3.14. The molecule has 1 aromatic carbocycles. The van der Waals surface area contributed by atoms with E-state index in [4.69, 9.17) is 23.9 Å². The third kappa shape index (κ3) is 9.17. The number of nitrogens with zero attached hydrogens (tertiary/aromatic N) is 2. The molecule has 1 aliphatic heterocycles. The second-order valence-electron chi connectivity index (χ2n) is 7.07. The van der Waals surface area contributed by atoms with Crippen LogP contribution in [-0.4, -0.2) is 91.5 Å². The van der Waals surface area contributed by atoms with Gasteiger partial charge >= 0.3 is 18.1 Å². The highest BCUT2D eigenvalue weighted by molar-refractivity contribution is 7.86. The number of rotatable bonds is 9. The summed E-state index contributed by atoms with van der Waals surface area (Å²) in [5.41, 5.74) is 1.49. The number of nitrogens with one attached hydrogen (secondary N) is 1. The Kier molecular flexibility index (Phi) is 9.66. The van der Waals surface area contributed by atoms with Crippen LogP contribution in [0.15, 0.2) is 30.5 Å². The van der Waals surface area contributed by atoms with E-state index >= 15 is 0 Å². The van der Waals surface area contributed by atoms with Gasteiger partial charge in [0.2, 0.25) is 0 Å². The lowest BCUT2D eigenvalue weighted by Gasteiger charge is -2.26. The maximum Gasteiger partial charge on any atom is 0.490 e. The Balaban J connectivity index is 0.000000509. The van der Waals surface area contributed by atoms with Crippen molar-refractivity contribution in [3.8, 4) is 0 Å². The van der Waals surface area contributed by atoms with E-state index in [0.29, 0.717) is 25.4 Å². The summed E-state index contributed by atoms with van der Waals surface area (Å²) in [6, 6.07) is 7.17. The Hall–Kier alpha value is -2.88. The van der Waals surface area contributed by atoms with Crippen LogP contribution in [0.5, 0.6) is 0 Å². The molecule has 34 heavy (non-hydrogen) atoms. The molecule has 1 aliphatic rings. The quantitative estimate of drug-likeness (QED) is 0.333. The van der Waals surface area contributed by atoms with Crippen molar-refractivity contribution in [3.63, 3.8) is 0 Å². The van der Waals surface area contributed by atoms with Crippen LogP contribution in [0.1, 0.15) is 0 Å². The Bertz CT molecular complexity index is 1080. The van der Waals surface area contributed by atoms with Gasteiger partial charge < -0.3 is 24.8 Å². The Labute approximate surface area is 192 Å². The summed E-state index contributed by atoms with van der Waals surface area (Å²) in [4.78, 5) is 21.8. The summed E-state index contributed by atoms with van der Waals surface area (Å²) in [6.07, 6.45) is -3.38. The number of aliphatic carboxylic acids is 2. The fourth-order valence-electron chi connectivity index (χ4n) is 2.92. The van der Waals surface area contributed by atoms with E-state index in [1.165, 1.54) is 0 Å². The lowest BCUT2D eigenvalue weighted by molar-refractivity contribution is -0.192. The van der Waals surface area contributed by atoms with Crippen molar-refractivity contribution in [2.45, 2.75) is 12.7 Å². The predicted molar refractivity (Wildman–Crippen MR) is 114 cm³/mol. The van der Waals surface area contributed by atoms with Crippen LogP contribution in [0.4, 0.5) is 18.9 Å². The van der Waals surface area contributed by atoms with E-state index in [-0.39, 0.29) is 19.0 Å². The zero-order chi connectivity index (χ0) is 25.4. The predicted octanol–water partition coefficient (Wildman–Crippen LogP) is 1.41. The third-order valence-electron chi connectivity index (χ3n) is 4.60. The number of hydrogen-bond donors (Lipinski definition) is 3. The normalized spacial score (nSPS) is 14.9. The fourth-order valence-corrected chi connectivity index (χ4v) is 3.76. The van der Waals surface area contributed by atoms with Gasteiger partial charge in [-0.1, -0.05) is 0 Å². The van der Waals surface area contributed by atoms with Crippen molar-refractivity contribution in [2.24, 2.45) is 0 Å². The van der Waals surface area contributed by atoms with E-state index in [0.717, 1.165) is 24.0 Å². The largest absolute Gasteiger partial charge is 0.490 e. The molecule has 0 amide bonds. The number of carboxylic acids is 2. The van der Waals surface area contributed by atoms with Gasteiger partial charge in [-0.25, -0.2) is 8.98 Å². The standard InChI is InChI=1S/C17H23N3O6S.C2HF3O2/c21-17(22)12-20-4-3-14-11-15(1-2-16(14)20)18-13-26-27(23,24)10-7-19-5-8-25-9-6-19;3-2(4,5)1(6)7/h1-4,11,18H,5-10,12-13H2,(H,21,22);(H,6,7). The van der Waals surface area contributed by atoms with E-state index in [1.807, 2.05) is 17.0 Å². The highest BCUT2D eigenvalue weighted by Crippen LogP contribution is 2.20. The molecular formula is C19H24F3N3O8S. The van der Waals surface area contributed by atoms with Gasteiger partial charge in [0.1, 0.15) is 13.3 Å². The first-order valence-corrected chi connectivity index (χ1v) is 11.5. The second-order valence-corrected chi connectivity index (χ2v) is 8.83. The molecule has 0 aliphatic carbocycles. The lowest BCUT2D eigenvalue weighted by Crippen LogP contribution is -2.39. The van der Waals surface area contributed by atoms with Crippen molar-refractivity contribution in [2.75, 3.05) is 50.6 Å². The van der Waals surface area contributed by atoms with Gasteiger partial charge in [0, 0.05) is 42.4 Å². The smallest absolute Gasteiger partial charge is 0.480 e. The van der Waals surface area contributed by atoms with Crippen molar-refractivity contribution < 1.29 is 50.3 Å².